The van der Waals surface area contributed by atoms with Crippen molar-refractivity contribution in [2.75, 3.05) is 13.2 Å². The van der Waals surface area contributed by atoms with Gasteiger partial charge in [-0.3, -0.25) is 0 Å². The molecule has 9 nitrogen and oxygen atoms in total. The second-order valence-electron chi connectivity index (χ2n) is 8.17. The number of nitrogens with zero attached hydrogens (tertiary/aromatic N) is 6. The van der Waals surface area contributed by atoms with Crippen molar-refractivity contribution in [1.82, 2.24) is 9.97 Å². The molecule has 2 aromatic carbocycles. The Bertz CT molecular complexity index is 1470. The lowest BCUT2D eigenvalue weighted by Crippen LogP contribution is -1.94. The van der Waals surface area contributed by atoms with E-state index in [2.05, 4.69) is 30.4 Å². The normalized spacial score (nSPS) is 11.3. The molecule has 0 saturated carbocycles. The van der Waals surface area contributed by atoms with Gasteiger partial charge in [0.2, 0.25) is 0 Å². The van der Waals surface area contributed by atoms with Crippen LogP contribution in [0.2, 0.25) is 0 Å². The molecule has 0 aliphatic rings. The first-order valence-electron chi connectivity index (χ1n) is 12.5. The largest absolute Gasteiger partial charge is 0.493 e. The SMILES string of the molecule is CCOc1cc(/N=N/c2ccccn2)ccc1-c1ccc(-c2ccc(/N=N/c3ccccn3)cc2OCC)o1. The Labute approximate surface area is 225 Å². The Kier molecular flexibility index (Phi) is 8.08. The molecule has 0 fully saturated rings. The van der Waals surface area contributed by atoms with Gasteiger partial charge in [0.05, 0.1) is 35.7 Å². The minimum absolute atomic E-state index is 0.490. The van der Waals surface area contributed by atoms with Gasteiger partial charge in [-0.05, 0) is 74.5 Å². The van der Waals surface area contributed by atoms with Gasteiger partial charge in [0.15, 0.2) is 11.6 Å². The van der Waals surface area contributed by atoms with E-state index in [0.717, 1.165) is 11.1 Å². The van der Waals surface area contributed by atoms with Gasteiger partial charge in [-0.2, -0.15) is 0 Å². The fourth-order valence-corrected chi connectivity index (χ4v) is 3.77. The Hall–Kier alpha value is -5.18. The summed E-state index contributed by atoms with van der Waals surface area (Å²) in [5.41, 5.74) is 2.90. The van der Waals surface area contributed by atoms with Crippen LogP contribution in [0, 0.1) is 0 Å². The van der Waals surface area contributed by atoms with E-state index in [1.807, 2.05) is 86.6 Å². The maximum Gasteiger partial charge on any atom is 0.174 e. The molecule has 0 unspecified atom stereocenters. The highest BCUT2D eigenvalue weighted by molar-refractivity contribution is 5.74. The third-order valence-corrected chi connectivity index (χ3v) is 5.50. The molecule has 0 saturated heterocycles. The summed E-state index contributed by atoms with van der Waals surface area (Å²) in [5.74, 6) is 3.66. The zero-order chi connectivity index (χ0) is 26.9. The van der Waals surface area contributed by atoms with Crippen molar-refractivity contribution < 1.29 is 13.9 Å². The smallest absolute Gasteiger partial charge is 0.174 e. The van der Waals surface area contributed by atoms with Gasteiger partial charge in [0.1, 0.15) is 23.0 Å². The second-order valence-corrected chi connectivity index (χ2v) is 8.17. The molecule has 9 heteroatoms. The van der Waals surface area contributed by atoms with E-state index in [1.54, 1.807) is 24.5 Å². The van der Waals surface area contributed by atoms with Crippen molar-refractivity contribution in [3.05, 3.63) is 97.3 Å². The van der Waals surface area contributed by atoms with Crippen LogP contribution >= 0.6 is 0 Å². The number of azo groups is 2. The van der Waals surface area contributed by atoms with Gasteiger partial charge < -0.3 is 13.9 Å². The van der Waals surface area contributed by atoms with Crippen LogP contribution in [0.5, 0.6) is 11.5 Å². The molecule has 39 heavy (non-hydrogen) atoms. The van der Waals surface area contributed by atoms with Gasteiger partial charge in [-0.25, -0.2) is 9.97 Å². The van der Waals surface area contributed by atoms with E-state index < -0.39 is 0 Å². The zero-order valence-electron chi connectivity index (χ0n) is 21.6. The first kappa shape index (κ1) is 25.5. The lowest BCUT2D eigenvalue weighted by molar-refractivity contribution is 0.340. The van der Waals surface area contributed by atoms with Gasteiger partial charge in [-0.15, -0.1) is 20.5 Å². The minimum atomic E-state index is 0.490. The molecule has 5 aromatic rings. The molecule has 3 heterocycles. The number of hydrogen-bond acceptors (Lipinski definition) is 9. The standard InChI is InChI=1S/C30H26N6O3/c1-3-37-27-19-21(33-35-29-9-5-7-17-31-29)11-13-23(27)25-15-16-26(39-25)24-14-12-22(20-28(24)38-4-2)34-36-30-10-6-8-18-32-30/h5-20H,3-4H2,1-2H3/b35-33+,36-34+. The lowest BCUT2D eigenvalue weighted by atomic mass is 10.1. The molecule has 0 spiro atoms. The number of hydrogen-bond donors (Lipinski definition) is 0. The number of benzene rings is 2. The molecule has 5 rings (SSSR count). The predicted molar refractivity (Wildman–Crippen MR) is 149 cm³/mol. The van der Waals surface area contributed by atoms with Crippen LogP contribution < -0.4 is 9.47 Å². The minimum Gasteiger partial charge on any atom is -0.493 e. The topological polar surface area (TPSA) is 107 Å². The van der Waals surface area contributed by atoms with Gasteiger partial charge in [0.25, 0.3) is 0 Å². The molecule has 0 aliphatic heterocycles. The predicted octanol–water partition coefficient (Wildman–Crippen LogP) is 9.03. The Balaban J connectivity index is 1.42. The first-order valence-corrected chi connectivity index (χ1v) is 12.5. The van der Waals surface area contributed by atoms with Crippen molar-refractivity contribution in [3.63, 3.8) is 0 Å². The van der Waals surface area contributed by atoms with Crippen LogP contribution in [0.25, 0.3) is 22.6 Å². The molecular formula is C30H26N6O3. The molecule has 3 aromatic heterocycles. The third kappa shape index (κ3) is 6.40. The van der Waals surface area contributed by atoms with Crippen LogP contribution in [0.1, 0.15) is 13.8 Å². The summed E-state index contributed by atoms with van der Waals surface area (Å²) in [6, 6.07) is 26.0. The van der Waals surface area contributed by atoms with Crippen LogP contribution in [0.4, 0.5) is 23.0 Å². The number of rotatable bonds is 10. The lowest BCUT2D eigenvalue weighted by Gasteiger charge is -2.10. The molecule has 0 atom stereocenters. The highest BCUT2D eigenvalue weighted by Gasteiger charge is 2.16. The van der Waals surface area contributed by atoms with Gasteiger partial charge in [0, 0.05) is 24.5 Å². The third-order valence-electron chi connectivity index (χ3n) is 5.50. The average Bonchev–Trinajstić information content (AvgIpc) is 3.46. The fraction of sp³-hybridized carbons (Fsp3) is 0.133. The highest BCUT2D eigenvalue weighted by atomic mass is 16.5. The van der Waals surface area contributed by atoms with Crippen LogP contribution in [0.15, 0.2) is 122 Å². The molecule has 194 valence electrons. The first-order chi connectivity index (χ1) is 19.2. The zero-order valence-corrected chi connectivity index (χ0v) is 21.6. The van der Waals surface area contributed by atoms with Crippen molar-refractivity contribution in [1.29, 1.82) is 0 Å². The summed E-state index contributed by atoms with van der Waals surface area (Å²) in [7, 11) is 0. The fourth-order valence-electron chi connectivity index (χ4n) is 3.77. The summed E-state index contributed by atoms with van der Waals surface area (Å²) < 4.78 is 18.1. The van der Waals surface area contributed by atoms with E-state index in [-0.39, 0.29) is 0 Å². The second kappa shape index (κ2) is 12.4. The van der Waals surface area contributed by atoms with Crippen molar-refractivity contribution in [3.8, 4) is 34.1 Å². The Morgan fingerprint density at radius 3 is 1.49 bits per heavy atom. The summed E-state index contributed by atoms with van der Waals surface area (Å²) in [5, 5.41) is 17.0. The maximum absolute atomic E-state index is 6.28. The summed E-state index contributed by atoms with van der Waals surface area (Å²) >= 11 is 0. The van der Waals surface area contributed by atoms with Crippen LogP contribution in [-0.4, -0.2) is 23.2 Å². The quantitative estimate of drug-likeness (QED) is 0.171. The van der Waals surface area contributed by atoms with E-state index >= 15 is 0 Å². The van der Waals surface area contributed by atoms with Crippen LogP contribution in [-0.2, 0) is 0 Å². The number of pyridine rings is 2. The molecule has 0 bridgehead atoms. The van der Waals surface area contributed by atoms with E-state index in [9.17, 15) is 0 Å². The van der Waals surface area contributed by atoms with E-state index in [4.69, 9.17) is 13.9 Å². The van der Waals surface area contributed by atoms with Crippen molar-refractivity contribution in [2.24, 2.45) is 20.5 Å². The summed E-state index contributed by atoms with van der Waals surface area (Å²) in [4.78, 5) is 8.34. The van der Waals surface area contributed by atoms with Crippen LogP contribution in [0.3, 0.4) is 0 Å². The van der Waals surface area contributed by atoms with E-state index in [1.165, 1.54) is 0 Å². The number of aromatic nitrogens is 2. The monoisotopic (exact) mass is 518 g/mol. The van der Waals surface area contributed by atoms with Crippen molar-refractivity contribution >= 4 is 23.0 Å². The Morgan fingerprint density at radius 2 is 1.08 bits per heavy atom. The molecule has 0 amide bonds. The number of ether oxygens (including phenoxy) is 2. The Morgan fingerprint density at radius 1 is 0.590 bits per heavy atom. The molecular weight excluding hydrogens is 492 g/mol. The molecule has 0 N–H and O–H groups in total. The number of furan rings is 1. The molecule has 0 radical (unpaired) electrons. The molecule has 0 aliphatic carbocycles. The summed E-state index contributed by atoms with van der Waals surface area (Å²) in [6.45, 7) is 4.84. The summed E-state index contributed by atoms with van der Waals surface area (Å²) in [6.07, 6.45) is 3.35. The van der Waals surface area contributed by atoms with E-state index in [0.29, 0.717) is 59.2 Å². The average molecular weight is 519 g/mol. The van der Waals surface area contributed by atoms with Crippen molar-refractivity contribution in [2.45, 2.75) is 13.8 Å². The highest BCUT2D eigenvalue weighted by Crippen LogP contribution is 2.40. The maximum atomic E-state index is 6.28. The van der Waals surface area contributed by atoms with Gasteiger partial charge in [-0.1, -0.05) is 12.1 Å². The van der Waals surface area contributed by atoms with Gasteiger partial charge >= 0.3 is 0 Å².